The molecule has 22 heavy (non-hydrogen) atoms. The van der Waals surface area contributed by atoms with Crippen LogP contribution in [0.5, 0.6) is 5.75 Å². The predicted molar refractivity (Wildman–Crippen MR) is 96.5 cm³/mol. The minimum Gasteiger partial charge on any atom is -0.508 e. The first-order valence-corrected chi connectivity index (χ1v) is 9.05. The van der Waals surface area contributed by atoms with Crippen molar-refractivity contribution in [3.63, 3.8) is 0 Å². The van der Waals surface area contributed by atoms with Crippen molar-refractivity contribution >= 4 is 81.2 Å². The maximum Gasteiger partial charge on any atom is 0.267 e. The highest BCUT2D eigenvalue weighted by molar-refractivity contribution is 9.15. The Bertz CT molecular complexity index is 803. The van der Waals surface area contributed by atoms with Crippen LogP contribution in [0, 0.1) is 0 Å². The second-order valence-electron chi connectivity index (χ2n) is 4.47. The van der Waals surface area contributed by atoms with Crippen LogP contribution >= 0.6 is 63.7 Å². The Balaban J connectivity index is 2.26. The third-order valence-electron chi connectivity index (χ3n) is 3.19. The van der Waals surface area contributed by atoms with Crippen LogP contribution in [0.4, 0.5) is 5.69 Å². The lowest BCUT2D eigenvalue weighted by atomic mass is 10.1. The average Bonchev–Trinajstić information content (AvgIpc) is 2.74. The molecule has 1 N–H and O–H groups in total. The number of benzene rings is 2. The van der Waals surface area contributed by atoms with Gasteiger partial charge in [-0.05, 0) is 75.9 Å². The molecule has 0 aromatic heterocycles. The number of phenolic OH excluding ortho intramolecular Hbond substituents is 1. The third kappa shape index (κ3) is 2.28. The highest BCUT2D eigenvalue weighted by Gasteiger charge is 2.41. The summed E-state index contributed by atoms with van der Waals surface area (Å²) in [6, 6.07) is 6.01. The molecule has 0 fully saturated rings. The van der Waals surface area contributed by atoms with E-state index in [0.717, 1.165) is 4.90 Å². The summed E-state index contributed by atoms with van der Waals surface area (Å²) >= 11 is 13.4. The fraction of sp³-hybridized carbons (Fsp3) is 0. The summed E-state index contributed by atoms with van der Waals surface area (Å²) in [6.07, 6.45) is 0. The molecule has 0 bridgehead atoms. The van der Waals surface area contributed by atoms with Crippen LogP contribution in [0.2, 0.25) is 0 Å². The molecule has 0 radical (unpaired) electrons. The lowest BCUT2D eigenvalue weighted by Crippen LogP contribution is -2.29. The summed E-state index contributed by atoms with van der Waals surface area (Å²) in [5.74, 6) is -0.924. The molecule has 1 aliphatic heterocycles. The number of imide groups is 1. The Morgan fingerprint density at radius 3 is 1.77 bits per heavy atom. The molecule has 1 aliphatic rings. The molecule has 2 amide bonds. The number of hydrogen-bond acceptors (Lipinski definition) is 3. The minimum absolute atomic E-state index is 0.0189. The van der Waals surface area contributed by atoms with Crippen molar-refractivity contribution in [3.05, 3.63) is 53.3 Å². The van der Waals surface area contributed by atoms with E-state index in [1.165, 1.54) is 12.1 Å². The van der Waals surface area contributed by atoms with Gasteiger partial charge in [0.15, 0.2) is 0 Å². The molecular formula is C14H5Br4NO3. The van der Waals surface area contributed by atoms with Crippen molar-refractivity contribution in [2.45, 2.75) is 0 Å². The van der Waals surface area contributed by atoms with E-state index in [1.54, 1.807) is 12.1 Å². The summed E-state index contributed by atoms with van der Waals surface area (Å²) in [7, 11) is 0. The van der Waals surface area contributed by atoms with Gasteiger partial charge in [-0.3, -0.25) is 9.59 Å². The van der Waals surface area contributed by atoms with E-state index in [0.29, 0.717) is 23.6 Å². The Morgan fingerprint density at radius 2 is 1.32 bits per heavy atom. The quantitative estimate of drug-likeness (QED) is 0.298. The number of fused-ring (bicyclic) bond motifs is 1. The first-order valence-electron chi connectivity index (χ1n) is 5.88. The molecule has 0 atom stereocenters. The summed E-state index contributed by atoms with van der Waals surface area (Å²) in [4.78, 5) is 26.4. The molecule has 2 aromatic rings. The smallest absolute Gasteiger partial charge is 0.267 e. The number of hydrogen-bond donors (Lipinski definition) is 1. The zero-order valence-corrected chi connectivity index (χ0v) is 16.9. The van der Waals surface area contributed by atoms with Crippen LogP contribution in [0.3, 0.4) is 0 Å². The van der Waals surface area contributed by atoms with Crippen LogP contribution < -0.4 is 4.90 Å². The predicted octanol–water partition coefficient (Wildman–Crippen LogP) is 5.24. The molecule has 0 saturated carbocycles. The summed E-state index contributed by atoms with van der Waals surface area (Å²) in [5.41, 5.74) is 0.864. The second-order valence-corrected chi connectivity index (χ2v) is 7.64. The van der Waals surface area contributed by atoms with Crippen LogP contribution in [-0.2, 0) is 0 Å². The van der Waals surface area contributed by atoms with E-state index in [4.69, 9.17) is 0 Å². The molecule has 2 aromatic carbocycles. The van der Waals surface area contributed by atoms with E-state index in [-0.39, 0.29) is 16.9 Å². The number of rotatable bonds is 1. The monoisotopic (exact) mass is 551 g/mol. The lowest BCUT2D eigenvalue weighted by molar-refractivity contribution is 0.0926. The van der Waals surface area contributed by atoms with E-state index in [2.05, 4.69) is 63.7 Å². The number of nitrogens with zero attached hydrogens (tertiary/aromatic N) is 1. The topological polar surface area (TPSA) is 57.6 Å². The number of anilines is 1. The van der Waals surface area contributed by atoms with Crippen molar-refractivity contribution < 1.29 is 14.7 Å². The summed E-state index contributed by atoms with van der Waals surface area (Å²) in [6.45, 7) is 0. The zero-order valence-electron chi connectivity index (χ0n) is 10.5. The van der Waals surface area contributed by atoms with Gasteiger partial charge in [0, 0.05) is 24.0 Å². The van der Waals surface area contributed by atoms with Gasteiger partial charge in [0.1, 0.15) is 5.75 Å². The SMILES string of the molecule is O=C1c2c(Br)c(Br)c(Br)c(Br)c2C(=O)N1c1cccc(O)c1. The van der Waals surface area contributed by atoms with Gasteiger partial charge in [0.05, 0.1) is 16.8 Å². The maximum absolute atomic E-state index is 12.7. The highest BCUT2D eigenvalue weighted by Crippen LogP contribution is 2.46. The fourth-order valence-corrected chi connectivity index (χ4v) is 4.67. The highest BCUT2D eigenvalue weighted by atomic mass is 79.9. The summed E-state index contributed by atoms with van der Waals surface area (Å²) < 4.78 is 2.27. The number of carbonyl (C=O) groups is 2. The third-order valence-corrected chi connectivity index (χ3v) is 7.96. The van der Waals surface area contributed by atoms with Gasteiger partial charge in [-0.2, -0.15) is 0 Å². The minimum atomic E-state index is -0.452. The van der Waals surface area contributed by atoms with Gasteiger partial charge in [-0.1, -0.05) is 6.07 Å². The number of amides is 2. The standard InChI is InChI=1S/C14H5Br4NO3/c15-9-7-8(10(16)12(18)11(9)17)14(22)19(13(7)21)5-2-1-3-6(20)4-5/h1-4,20H. The van der Waals surface area contributed by atoms with Crippen molar-refractivity contribution in [1.29, 1.82) is 0 Å². The van der Waals surface area contributed by atoms with Gasteiger partial charge in [-0.25, -0.2) is 4.90 Å². The van der Waals surface area contributed by atoms with Crippen molar-refractivity contribution in [2.75, 3.05) is 4.90 Å². The molecule has 8 heteroatoms. The number of carbonyl (C=O) groups excluding carboxylic acids is 2. The molecule has 0 aliphatic carbocycles. The molecule has 1 heterocycles. The number of phenols is 1. The Morgan fingerprint density at radius 1 is 0.818 bits per heavy atom. The van der Waals surface area contributed by atoms with Gasteiger partial charge in [0.2, 0.25) is 0 Å². The van der Waals surface area contributed by atoms with Crippen LogP contribution in [-0.4, -0.2) is 16.9 Å². The maximum atomic E-state index is 12.7. The van der Waals surface area contributed by atoms with Gasteiger partial charge in [0.25, 0.3) is 11.8 Å². The molecule has 4 nitrogen and oxygen atoms in total. The second kappa shape index (κ2) is 5.74. The molecule has 112 valence electrons. The van der Waals surface area contributed by atoms with Gasteiger partial charge >= 0.3 is 0 Å². The van der Waals surface area contributed by atoms with Crippen molar-refractivity contribution in [3.8, 4) is 5.75 Å². The number of aromatic hydroxyl groups is 1. The molecule has 3 rings (SSSR count). The lowest BCUT2D eigenvalue weighted by Gasteiger charge is -2.13. The van der Waals surface area contributed by atoms with E-state index in [1.807, 2.05) is 0 Å². The molecule has 0 saturated heterocycles. The van der Waals surface area contributed by atoms with Gasteiger partial charge < -0.3 is 5.11 Å². The Hall–Kier alpha value is -0.700. The van der Waals surface area contributed by atoms with E-state index >= 15 is 0 Å². The largest absolute Gasteiger partial charge is 0.508 e. The number of halogens is 4. The van der Waals surface area contributed by atoms with Gasteiger partial charge in [-0.15, -0.1) is 0 Å². The molecular weight excluding hydrogens is 550 g/mol. The van der Waals surface area contributed by atoms with E-state index in [9.17, 15) is 14.7 Å². The first kappa shape index (κ1) is 16.2. The fourth-order valence-electron chi connectivity index (χ4n) is 2.22. The van der Waals surface area contributed by atoms with E-state index < -0.39 is 11.8 Å². The van der Waals surface area contributed by atoms with Crippen molar-refractivity contribution in [1.82, 2.24) is 0 Å². The van der Waals surface area contributed by atoms with Crippen LogP contribution in [0.25, 0.3) is 0 Å². The Labute approximate surface area is 159 Å². The Kier molecular flexibility index (Phi) is 4.22. The molecule has 0 spiro atoms. The average molecular weight is 555 g/mol. The van der Waals surface area contributed by atoms with Crippen LogP contribution in [0.15, 0.2) is 42.2 Å². The van der Waals surface area contributed by atoms with Crippen molar-refractivity contribution in [2.24, 2.45) is 0 Å². The zero-order chi connectivity index (χ0) is 16.2. The molecule has 0 unspecified atom stereocenters. The summed E-state index contributed by atoms with van der Waals surface area (Å²) in [5, 5.41) is 9.58. The normalized spacial score (nSPS) is 13.7. The first-order chi connectivity index (χ1) is 10.3. The van der Waals surface area contributed by atoms with Crippen LogP contribution in [0.1, 0.15) is 20.7 Å².